The van der Waals surface area contributed by atoms with Gasteiger partial charge in [0.2, 0.25) is 0 Å². The molecule has 0 aromatic heterocycles. The van der Waals surface area contributed by atoms with Crippen LogP contribution in [0.2, 0.25) is 0 Å². The molecule has 0 unspecified atom stereocenters. The Morgan fingerprint density at radius 3 is 2.88 bits per heavy atom. The Bertz CT molecular complexity index is 246. The average molecular weight is 235 g/mol. The predicted molar refractivity (Wildman–Crippen MR) is 75.2 cm³/mol. The largest absolute Gasteiger partial charge is 0.297 e. The number of hydrogen-bond acceptors (Lipinski definition) is 1. The van der Waals surface area contributed by atoms with Gasteiger partial charge in [-0.1, -0.05) is 26.0 Å². The number of rotatable bonds is 5. The van der Waals surface area contributed by atoms with E-state index in [1.54, 1.807) is 0 Å². The lowest BCUT2D eigenvalue weighted by atomic mass is 9.85. The van der Waals surface area contributed by atoms with Crippen LogP contribution in [-0.2, 0) is 0 Å². The maximum Gasteiger partial charge on any atom is 0.0124 e. The summed E-state index contributed by atoms with van der Waals surface area (Å²) < 4.78 is 0. The van der Waals surface area contributed by atoms with E-state index in [2.05, 4.69) is 30.9 Å². The Balaban J connectivity index is 1.75. The van der Waals surface area contributed by atoms with Gasteiger partial charge < -0.3 is 0 Å². The lowest BCUT2D eigenvalue weighted by Gasteiger charge is -2.41. The highest BCUT2D eigenvalue weighted by molar-refractivity contribution is 4.92. The molecule has 0 bridgehead atoms. The van der Waals surface area contributed by atoms with Crippen molar-refractivity contribution in [3.05, 3.63) is 12.2 Å². The first-order valence-electron chi connectivity index (χ1n) is 7.73. The van der Waals surface area contributed by atoms with Crippen LogP contribution in [0, 0.1) is 5.92 Å². The van der Waals surface area contributed by atoms with Gasteiger partial charge in [0.25, 0.3) is 0 Å². The normalized spacial score (nSPS) is 34.4. The second-order valence-electron chi connectivity index (χ2n) is 5.97. The lowest BCUT2D eigenvalue weighted by Crippen LogP contribution is -2.46. The van der Waals surface area contributed by atoms with Crippen LogP contribution in [0.5, 0.6) is 0 Å². The van der Waals surface area contributed by atoms with E-state index < -0.39 is 0 Å². The van der Waals surface area contributed by atoms with E-state index in [4.69, 9.17) is 0 Å². The van der Waals surface area contributed by atoms with Crippen molar-refractivity contribution in [1.29, 1.82) is 0 Å². The smallest absolute Gasteiger partial charge is 0.0124 e. The topological polar surface area (TPSA) is 3.24 Å². The van der Waals surface area contributed by atoms with Crippen molar-refractivity contribution < 1.29 is 0 Å². The molecule has 2 aliphatic heterocycles. The van der Waals surface area contributed by atoms with Gasteiger partial charge in [0, 0.05) is 12.1 Å². The zero-order valence-corrected chi connectivity index (χ0v) is 11.7. The fourth-order valence-corrected chi connectivity index (χ4v) is 3.76. The predicted octanol–water partition coefficient (Wildman–Crippen LogP) is 4.39. The number of allylic oxidation sites excluding steroid dienone is 2. The molecule has 1 heteroatoms. The van der Waals surface area contributed by atoms with E-state index in [9.17, 15) is 0 Å². The van der Waals surface area contributed by atoms with Gasteiger partial charge in [-0.2, -0.15) is 0 Å². The van der Waals surface area contributed by atoms with E-state index in [0.717, 1.165) is 18.0 Å². The van der Waals surface area contributed by atoms with E-state index >= 15 is 0 Å². The van der Waals surface area contributed by atoms with Crippen molar-refractivity contribution in [2.24, 2.45) is 5.92 Å². The molecule has 0 aliphatic carbocycles. The second kappa shape index (κ2) is 6.58. The maximum absolute atomic E-state index is 2.84. The lowest BCUT2D eigenvalue weighted by molar-refractivity contribution is 0.0756. The number of hydrogen-bond donors (Lipinski definition) is 0. The molecule has 0 spiro atoms. The third-order valence-electron chi connectivity index (χ3n) is 4.73. The monoisotopic (exact) mass is 235 g/mol. The summed E-state index contributed by atoms with van der Waals surface area (Å²) in [6.07, 6.45) is 15.8. The fraction of sp³-hybridized carbons (Fsp3) is 0.875. The molecule has 2 heterocycles. The van der Waals surface area contributed by atoms with Crippen LogP contribution in [0.4, 0.5) is 0 Å². The molecule has 98 valence electrons. The Kier molecular flexibility index (Phi) is 5.09. The van der Waals surface area contributed by atoms with E-state index in [0.29, 0.717) is 0 Å². The number of fused-ring (bicyclic) bond motifs is 1. The quantitative estimate of drug-likeness (QED) is 0.505. The zero-order chi connectivity index (χ0) is 12.1. The molecule has 0 N–H and O–H groups in total. The summed E-state index contributed by atoms with van der Waals surface area (Å²) in [7, 11) is 0. The minimum absolute atomic E-state index is 0.911. The van der Waals surface area contributed by atoms with Gasteiger partial charge >= 0.3 is 0 Å². The zero-order valence-electron chi connectivity index (χ0n) is 11.7. The van der Waals surface area contributed by atoms with Gasteiger partial charge in [-0.3, -0.25) is 4.90 Å². The summed E-state index contributed by atoms with van der Waals surface area (Å²) in [6.45, 7) is 6.06. The summed E-state index contributed by atoms with van der Waals surface area (Å²) in [5.41, 5.74) is 0. The molecule has 2 rings (SSSR count). The Labute approximate surface area is 107 Å². The Hall–Kier alpha value is -0.300. The molecule has 0 aromatic rings. The van der Waals surface area contributed by atoms with Gasteiger partial charge in [-0.15, -0.1) is 0 Å². The number of nitrogens with zero attached hydrogens (tertiary/aromatic N) is 1. The molecule has 3 atom stereocenters. The minimum atomic E-state index is 0.911. The van der Waals surface area contributed by atoms with Crippen LogP contribution >= 0.6 is 0 Å². The molecule has 0 radical (unpaired) electrons. The van der Waals surface area contributed by atoms with E-state index in [-0.39, 0.29) is 0 Å². The first-order chi connectivity index (χ1) is 8.33. The SMILES string of the molecule is CC/C=C/CCC[C@H]1CC[C@H](C)[C@H]2CCCN12. The highest BCUT2D eigenvalue weighted by Crippen LogP contribution is 2.36. The summed E-state index contributed by atoms with van der Waals surface area (Å²) in [5.74, 6) is 0.953. The van der Waals surface area contributed by atoms with E-state index in [1.165, 1.54) is 57.9 Å². The maximum atomic E-state index is 2.84. The minimum Gasteiger partial charge on any atom is -0.297 e. The van der Waals surface area contributed by atoms with Crippen molar-refractivity contribution in [2.45, 2.75) is 77.3 Å². The van der Waals surface area contributed by atoms with Crippen LogP contribution in [0.15, 0.2) is 12.2 Å². The van der Waals surface area contributed by atoms with Gasteiger partial charge in [0.15, 0.2) is 0 Å². The summed E-state index contributed by atoms with van der Waals surface area (Å²) in [6, 6.07) is 1.84. The van der Waals surface area contributed by atoms with E-state index in [1.807, 2.05) is 0 Å². The standard InChI is InChI=1S/C16H29N/c1-3-4-5-6-7-9-15-12-11-14(2)16-10-8-13-17(15)16/h4-5,14-16H,3,6-13H2,1-2H3/b5-4+/t14-,15-,16+/m0/s1. The highest BCUT2D eigenvalue weighted by atomic mass is 15.2. The van der Waals surface area contributed by atoms with Crippen molar-refractivity contribution in [1.82, 2.24) is 4.90 Å². The molecule has 0 aromatic carbocycles. The molecular formula is C16H29N. The Morgan fingerprint density at radius 2 is 2.06 bits per heavy atom. The van der Waals surface area contributed by atoms with Gasteiger partial charge in [0.05, 0.1) is 0 Å². The molecular weight excluding hydrogens is 206 g/mol. The molecule has 17 heavy (non-hydrogen) atoms. The molecule has 2 fully saturated rings. The van der Waals surface area contributed by atoms with Gasteiger partial charge in [-0.05, 0) is 63.8 Å². The number of unbranched alkanes of at least 4 members (excludes halogenated alkanes) is 1. The van der Waals surface area contributed by atoms with Crippen LogP contribution in [0.1, 0.15) is 65.2 Å². The van der Waals surface area contributed by atoms with Crippen LogP contribution in [0.3, 0.4) is 0 Å². The average Bonchev–Trinajstić information content (AvgIpc) is 2.81. The molecule has 1 nitrogen and oxygen atoms in total. The van der Waals surface area contributed by atoms with Crippen molar-refractivity contribution in [3.8, 4) is 0 Å². The molecule has 2 saturated heterocycles. The third-order valence-corrected chi connectivity index (χ3v) is 4.73. The second-order valence-corrected chi connectivity index (χ2v) is 5.97. The van der Waals surface area contributed by atoms with Crippen molar-refractivity contribution in [2.75, 3.05) is 6.54 Å². The summed E-state index contributed by atoms with van der Waals surface area (Å²) >= 11 is 0. The molecule has 0 amide bonds. The molecule has 2 aliphatic rings. The fourth-order valence-electron chi connectivity index (χ4n) is 3.76. The van der Waals surface area contributed by atoms with Crippen molar-refractivity contribution in [3.63, 3.8) is 0 Å². The molecule has 0 saturated carbocycles. The highest BCUT2D eigenvalue weighted by Gasteiger charge is 2.37. The first-order valence-corrected chi connectivity index (χ1v) is 7.73. The summed E-state index contributed by atoms with van der Waals surface area (Å²) in [4.78, 5) is 2.84. The first kappa shape index (κ1) is 13.1. The van der Waals surface area contributed by atoms with Gasteiger partial charge in [0.1, 0.15) is 0 Å². The van der Waals surface area contributed by atoms with Crippen LogP contribution < -0.4 is 0 Å². The Morgan fingerprint density at radius 1 is 1.18 bits per heavy atom. The summed E-state index contributed by atoms with van der Waals surface area (Å²) in [5, 5.41) is 0. The van der Waals surface area contributed by atoms with Crippen LogP contribution in [0.25, 0.3) is 0 Å². The van der Waals surface area contributed by atoms with Crippen molar-refractivity contribution >= 4 is 0 Å². The third kappa shape index (κ3) is 3.34. The van der Waals surface area contributed by atoms with Crippen LogP contribution in [-0.4, -0.2) is 23.5 Å². The van der Waals surface area contributed by atoms with Gasteiger partial charge in [-0.25, -0.2) is 0 Å². The number of piperidine rings is 1.